The summed E-state index contributed by atoms with van der Waals surface area (Å²) in [6.07, 6.45) is 4.28. The van der Waals surface area contributed by atoms with Gasteiger partial charge in [-0.15, -0.1) is 0 Å². The molecule has 0 aromatic carbocycles. The van der Waals surface area contributed by atoms with Gasteiger partial charge in [0.25, 0.3) is 5.78 Å². The Kier molecular flexibility index (Phi) is 1.33. The first-order valence-corrected chi connectivity index (χ1v) is 3.73. The fourth-order valence-electron chi connectivity index (χ4n) is 1.33. The molecule has 60 valence electrons. The van der Waals surface area contributed by atoms with Gasteiger partial charge in [-0.2, -0.15) is 0 Å². The summed E-state index contributed by atoms with van der Waals surface area (Å²) in [7, 11) is 0. The van der Waals surface area contributed by atoms with E-state index in [1.807, 2.05) is 13.0 Å². The smallest absolute Gasteiger partial charge is 0.283 e. The average Bonchev–Trinajstić information content (AvgIpc) is 2.31. The summed E-state index contributed by atoms with van der Waals surface area (Å²) in [4.78, 5) is 25.6. The molecule has 0 aromatic rings. The summed E-state index contributed by atoms with van der Waals surface area (Å²) >= 11 is 0. The average molecular weight is 161 g/mol. The van der Waals surface area contributed by atoms with Crippen molar-refractivity contribution in [2.45, 2.75) is 13.3 Å². The summed E-state index contributed by atoms with van der Waals surface area (Å²) in [6.45, 7) is 1.90. The summed E-state index contributed by atoms with van der Waals surface area (Å²) in [6, 6.07) is 0. The predicted octanol–water partition coefficient (Wildman–Crippen LogP) is 0.813. The SMILES string of the molecule is CC1=CCC2=NC(=O)C(=O)C2=C1. The number of allylic oxidation sites excluding steroid dienone is 3. The van der Waals surface area contributed by atoms with Crippen LogP contribution in [0.2, 0.25) is 0 Å². The topological polar surface area (TPSA) is 46.5 Å². The molecule has 0 N–H and O–H groups in total. The minimum Gasteiger partial charge on any atom is -0.283 e. The van der Waals surface area contributed by atoms with Crippen LogP contribution in [0.1, 0.15) is 13.3 Å². The number of fused-ring (bicyclic) bond motifs is 1. The molecule has 0 atom stereocenters. The lowest BCUT2D eigenvalue weighted by atomic mass is 9.97. The van der Waals surface area contributed by atoms with Crippen molar-refractivity contribution in [3.63, 3.8) is 0 Å². The first-order chi connectivity index (χ1) is 5.68. The molecule has 3 nitrogen and oxygen atoms in total. The van der Waals surface area contributed by atoms with Crippen molar-refractivity contribution in [3.05, 3.63) is 23.3 Å². The van der Waals surface area contributed by atoms with Crippen LogP contribution in [-0.4, -0.2) is 17.4 Å². The van der Waals surface area contributed by atoms with Crippen molar-refractivity contribution in [3.8, 4) is 0 Å². The van der Waals surface area contributed by atoms with E-state index < -0.39 is 11.7 Å². The van der Waals surface area contributed by atoms with Crippen molar-refractivity contribution in [1.29, 1.82) is 0 Å². The second-order valence-electron chi connectivity index (χ2n) is 2.90. The summed E-state index contributed by atoms with van der Waals surface area (Å²) in [5.41, 5.74) is 2.13. The van der Waals surface area contributed by atoms with E-state index in [9.17, 15) is 9.59 Å². The number of rotatable bonds is 0. The number of hydrogen-bond donors (Lipinski definition) is 0. The molecule has 2 rings (SSSR count). The molecule has 2 aliphatic rings. The standard InChI is InChI=1S/C9H7NO2/c1-5-2-3-7-6(4-5)8(11)9(12)10-7/h2,4H,3H2,1H3. The Bertz CT molecular complexity index is 372. The van der Waals surface area contributed by atoms with Crippen LogP contribution < -0.4 is 0 Å². The number of Topliss-reactive ketones (excluding diaryl/α,β-unsaturated/α-hetero) is 1. The number of ketones is 1. The molecule has 3 heteroatoms. The molecule has 12 heavy (non-hydrogen) atoms. The van der Waals surface area contributed by atoms with Gasteiger partial charge in [0.1, 0.15) is 0 Å². The fraction of sp³-hybridized carbons (Fsp3) is 0.222. The monoisotopic (exact) mass is 161 g/mol. The van der Waals surface area contributed by atoms with E-state index >= 15 is 0 Å². The quantitative estimate of drug-likeness (QED) is 0.493. The highest BCUT2D eigenvalue weighted by atomic mass is 16.2. The van der Waals surface area contributed by atoms with E-state index in [0.29, 0.717) is 17.7 Å². The number of aliphatic imine (C=N–C) groups is 1. The molecule has 1 amide bonds. The van der Waals surface area contributed by atoms with Gasteiger partial charge in [0, 0.05) is 6.42 Å². The van der Waals surface area contributed by atoms with E-state index in [1.54, 1.807) is 6.08 Å². The molecule has 0 radical (unpaired) electrons. The zero-order chi connectivity index (χ0) is 8.72. The normalized spacial score (nSPS) is 21.6. The Morgan fingerprint density at radius 2 is 2.17 bits per heavy atom. The molecule has 0 fully saturated rings. The van der Waals surface area contributed by atoms with Gasteiger partial charge in [-0.3, -0.25) is 9.59 Å². The molecular weight excluding hydrogens is 154 g/mol. The molecule has 1 heterocycles. The van der Waals surface area contributed by atoms with Gasteiger partial charge < -0.3 is 0 Å². The minimum absolute atomic E-state index is 0.461. The molecule has 1 aliphatic heterocycles. The Labute approximate surface area is 69.5 Å². The second-order valence-corrected chi connectivity index (χ2v) is 2.90. The van der Waals surface area contributed by atoms with Crippen molar-refractivity contribution >= 4 is 17.4 Å². The maximum atomic E-state index is 11.1. The maximum Gasteiger partial charge on any atom is 0.318 e. The fourth-order valence-corrected chi connectivity index (χ4v) is 1.33. The summed E-state index contributed by atoms with van der Waals surface area (Å²) in [5, 5.41) is 0. The molecular formula is C9H7NO2. The lowest BCUT2D eigenvalue weighted by molar-refractivity contribution is -0.132. The van der Waals surface area contributed by atoms with Crippen LogP contribution in [0.4, 0.5) is 0 Å². The third-order valence-electron chi connectivity index (χ3n) is 1.98. The van der Waals surface area contributed by atoms with Crippen LogP contribution in [0.15, 0.2) is 28.3 Å². The first kappa shape index (κ1) is 7.16. The molecule has 0 bridgehead atoms. The lowest BCUT2D eigenvalue weighted by Crippen LogP contribution is -2.11. The molecule has 0 saturated heterocycles. The third-order valence-corrected chi connectivity index (χ3v) is 1.98. The highest BCUT2D eigenvalue weighted by Gasteiger charge is 2.30. The molecule has 0 spiro atoms. The highest BCUT2D eigenvalue weighted by Crippen LogP contribution is 2.20. The third kappa shape index (κ3) is 0.863. The van der Waals surface area contributed by atoms with Crippen molar-refractivity contribution < 1.29 is 9.59 Å². The predicted molar refractivity (Wildman–Crippen MR) is 43.9 cm³/mol. The number of nitrogens with zero attached hydrogens (tertiary/aromatic N) is 1. The second kappa shape index (κ2) is 2.24. The molecule has 0 unspecified atom stereocenters. The van der Waals surface area contributed by atoms with Crippen molar-refractivity contribution in [1.82, 2.24) is 0 Å². The Morgan fingerprint density at radius 1 is 1.42 bits per heavy atom. The van der Waals surface area contributed by atoms with E-state index in [0.717, 1.165) is 5.57 Å². The Morgan fingerprint density at radius 3 is 2.92 bits per heavy atom. The van der Waals surface area contributed by atoms with Crippen LogP contribution >= 0.6 is 0 Å². The number of carbonyl (C=O) groups is 2. The van der Waals surface area contributed by atoms with Crippen LogP contribution in [0.5, 0.6) is 0 Å². The Hall–Kier alpha value is -1.51. The van der Waals surface area contributed by atoms with Crippen LogP contribution in [-0.2, 0) is 9.59 Å². The highest BCUT2D eigenvalue weighted by molar-refractivity contribution is 6.56. The first-order valence-electron chi connectivity index (χ1n) is 3.73. The van der Waals surface area contributed by atoms with Gasteiger partial charge in [0.15, 0.2) is 0 Å². The van der Waals surface area contributed by atoms with Gasteiger partial charge >= 0.3 is 5.91 Å². The van der Waals surface area contributed by atoms with Crippen molar-refractivity contribution in [2.24, 2.45) is 4.99 Å². The van der Waals surface area contributed by atoms with Gasteiger partial charge in [-0.05, 0) is 13.0 Å². The van der Waals surface area contributed by atoms with Gasteiger partial charge in [-0.1, -0.05) is 11.6 Å². The van der Waals surface area contributed by atoms with E-state index in [-0.39, 0.29) is 0 Å². The van der Waals surface area contributed by atoms with Crippen LogP contribution in [0, 0.1) is 0 Å². The number of amides is 1. The zero-order valence-corrected chi connectivity index (χ0v) is 6.63. The minimum atomic E-state index is -0.626. The van der Waals surface area contributed by atoms with Crippen molar-refractivity contribution in [2.75, 3.05) is 0 Å². The van der Waals surface area contributed by atoms with Gasteiger partial charge in [-0.25, -0.2) is 4.99 Å². The maximum absolute atomic E-state index is 11.1. The van der Waals surface area contributed by atoms with E-state index in [2.05, 4.69) is 4.99 Å². The van der Waals surface area contributed by atoms with E-state index in [1.165, 1.54) is 0 Å². The largest absolute Gasteiger partial charge is 0.318 e. The number of carbonyl (C=O) groups excluding carboxylic acids is 2. The van der Waals surface area contributed by atoms with Crippen LogP contribution in [0.25, 0.3) is 0 Å². The molecule has 0 saturated carbocycles. The summed E-state index contributed by atoms with van der Waals surface area (Å²) < 4.78 is 0. The van der Waals surface area contributed by atoms with Crippen LogP contribution in [0.3, 0.4) is 0 Å². The van der Waals surface area contributed by atoms with Gasteiger partial charge in [0.05, 0.1) is 11.3 Å². The zero-order valence-electron chi connectivity index (χ0n) is 6.63. The molecule has 0 aromatic heterocycles. The van der Waals surface area contributed by atoms with E-state index in [4.69, 9.17) is 0 Å². The molecule has 1 aliphatic carbocycles. The lowest BCUT2D eigenvalue weighted by Gasteiger charge is -2.04. The Balaban J connectivity index is 2.51. The summed E-state index contributed by atoms with van der Waals surface area (Å²) in [5.74, 6) is -1.09. The van der Waals surface area contributed by atoms with Gasteiger partial charge in [0.2, 0.25) is 0 Å². The number of hydrogen-bond acceptors (Lipinski definition) is 2.